The number of benzene rings is 1. The van der Waals surface area contributed by atoms with Gasteiger partial charge in [-0.2, -0.15) is 5.10 Å². The molecule has 1 saturated heterocycles. The molecule has 2 unspecified atom stereocenters. The maximum absolute atomic E-state index is 13.9. The first kappa shape index (κ1) is 21.8. The van der Waals surface area contributed by atoms with Crippen LogP contribution in [0.2, 0.25) is 10.0 Å². The SMILES string of the molecule is C[C@@H](Oc1cc(-c2cnn(C3CNCC(F)C3)c2)cnc1N)c1c(Cl)ccc(F)c1Cl. The molecule has 0 bridgehead atoms. The van der Waals surface area contributed by atoms with Crippen LogP contribution in [-0.2, 0) is 0 Å². The summed E-state index contributed by atoms with van der Waals surface area (Å²) < 4.78 is 35.3. The Kier molecular flexibility index (Phi) is 6.31. The van der Waals surface area contributed by atoms with Crippen molar-refractivity contribution in [2.45, 2.75) is 31.7 Å². The maximum Gasteiger partial charge on any atom is 0.166 e. The van der Waals surface area contributed by atoms with Crippen molar-refractivity contribution in [3.05, 3.63) is 58.2 Å². The first-order chi connectivity index (χ1) is 14.8. The molecule has 164 valence electrons. The highest BCUT2D eigenvalue weighted by atomic mass is 35.5. The average Bonchev–Trinajstić information content (AvgIpc) is 3.23. The smallest absolute Gasteiger partial charge is 0.166 e. The lowest BCUT2D eigenvalue weighted by atomic mass is 10.1. The van der Waals surface area contributed by atoms with E-state index < -0.39 is 18.1 Å². The molecule has 0 aliphatic carbocycles. The molecular weight excluding hydrogens is 447 g/mol. The van der Waals surface area contributed by atoms with E-state index in [1.54, 1.807) is 30.1 Å². The number of hydrogen-bond donors (Lipinski definition) is 2. The lowest BCUT2D eigenvalue weighted by molar-refractivity contribution is 0.208. The molecule has 3 N–H and O–H groups in total. The van der Waals surface area contributed by atoms with Crippen LogP contribution in [0.4, 0.5) is 14.6 Å². The predicted octanol–water partition coefficient (Wildman–Crippen LogP) is 4.99. The highest BCUT2D eigenvalue weighted by Crippen LogP contribution is 2.37. The zero-order chi connectivity index (χ0) is 22.1. The summed E-state index contributed by atoms with van der Waals surface area (Å²) in [5.74, 6) is -0.114. The zero-order valence-electron chi connectivity index (χ0n) is 16.7. The number of piperidine rings is 1. The van der Waals surface area contributed by atoms with E-state index in [-0.39, 0.29) is 21.9 Å². The second-order valence-electron chi connectivity index (χ2n) is 7.48. The molecular formula is C21H21Cl2F2N5O. The summed E-state index contributed by atoms with van der Waals surface area (Å²) in [5.41, 5.74) is 7.82. The third-order valence-corrected chi connectivity index (χ3v) is 5.97. The second-order valence-corrected chi connectivity index (χ2v) is 8.26. The van der Waals surface area contributed by atoms with Crippen LogP contribution in [0.3, 0.4) is 0 Å². The summed E-state index contributed by atoms with van der Waals surface area (Å²) >= 11 is 12.3. The molecule has 1 aromatic carbocycles. The lowest BCUT2D eigenvalue weighted by Gasteiger charge is -2.25. The fourth-order valence-corrected chi connectivity index (χ4v) is 4.31. The van der Waals surface area contributed by atoms with Crippen LogP contribution in [0.15, 0.2) is 36.8 Å². The van der Waals surface area contributed by atoms with Gasteiger partial charge in [-0.05, 0) is 25.1 Å². The predicted molar refractivity (Wildman–Crippen MR) is 117 cm³/mol. The van der Waals surface area contributed by atoms with Gasteiger partial charge in [-0.25, -0.2) is 13.8 Å². The van der Waals surface area contributed by atoms with Crippen molar-refractivity contribution >= 4 is 29.0 Å². The number of nitrogens with one attached hydrogen (secondary N) is 1. The summed E-state index contributed by atoms with van der Waals surface area (Å²) in [4.78, 5) is 4.20. The van der Waals surface area contributed by atoms with Gasteiger partial charge in [0, 0.05) is 53.6 Å². The number of nitrogens with zero attached hydrogens (tertiary/aromatic N) is 3. The molecule has 3 heterocycles. The van der Waals surface area contributed by atoms with Crippen LogP contribution in [0.25, 0.3) is 11.1 Å². The molecule has 0 spiro atoms. The highest BCUT2D eigenvalue weighted by molar-refractivity contribution is 6.36. The first-order valence-corrected chi connectivity index (χ1v) is 10.5. The summed E-state index contributed by atoms with van der Waals surface area (Å²) in [5, 5.41) is 7.63. The van der Waals surface area contributed by atoms with E-state index in [1.807, 2.05) is 6.20 Å². The number of aromatic nitrogens is 3. The standard InChI is InChI=1S/C21H21Cl2F2N5O/c1-11(19-16(22)2-3-17(25)20(19)23)31-18-4-12(6-28-21(18)26)13-7-29-30(10-13)15-5-14(24)8-27-9-15/h2-4,6-7,10-11,14-15,27H,5,8-9H2,1H3,(H2,26,28)/t11-,14?,15?/m1/s1. The number of ether oxygens (including phenoxy) is 1. The van der Waals surface area contributed by atoms with Crippen molar-refractivity contribution in [2.24, 2.45) is 0 Å². The third-order valence-electron chi connectivity index (χ3n) is 5.25. The van der Waals surface area contributed by atoms with Gasteiger partial charge in [0.25, 0.3) is 0 Å². The number of halogens is 4. The van der Waals surface area contributed by atoms with E-state index in [4.69, 9.17) is 33.7 Å². The fraction of sp³-hybridized carbons (Fsp3) is 0.333. The average molecular weight is 468 g/mol. The van der Waals surface area contributed by atoms with Gasteiger partial charge in [0.1, 0.15) is 18.1 Å². The first-order valence-electron chi connectivity index (χ1n) is 9.78. The van der Waals surface area contributed by atoms with Crippen LogP contribution >= 0.6 is 23.2 Å². The van der Waals surface area contributed by atoms with Crippen molar-refractivity contribution in [1.82, 2.24) is 20.1 Å². The Labute approximate surface area is 188 Å². The van der Waals surface area contributed by atoms with Crippen molar-refractivity contribution in [1.29, 1.82) is 0 Å². The summed E-state index contributed by atoms with van der Waals surface area (Å²) in [6.45, 7) is 2.72. The molecule has 1 aliphatic heterocycles. The van der Waals surface area contributed by atoms with E-state index in [9.17, 15) is 8.78 Å². The molecule has 4 rings (SSSR count). The lowest BCUT2D eigenvalue weighted by Crippen LogP contribution is -2.38. The molecule has 1 fully saturated rings. The van der Waals surface area contributed by atoms with Gasteiger partial charge in [-0.3, -0.25) is 4.68 Å². The molecule has 10 heteroatoms. The van der Waals surface area contributed by atoms with E-state index in [0.717, 1.165) is 11.1 Å². The monoisotopic (exact) mass is 467 g/mol. The van der Waals surface area contributed by atoms with Crippen LogP contribution in [0.5, 0.6) is 5.75 Å². The van der Waals surface area contributed by atoms with Crippen LogP contribution in [0.1, 0.15) is 31.1 Å². The molecule has 0 amide bonds. The van der Waals surface area contributed by atoms with Gasteiger partial charge >= 0.3 is 0 Å². The molecule has 31 heavy (non-hydrogen) atoms. The quantitative estimate of drug-likeness (QED) is 0.517. The van der Waals surface area contributed by atoms with E-state index in [0.29, 0.717) is 30.8 Å². The topological polar surface area (TPSA) is 78.0 Å². The molecule has 3 aromatic rings. The number of nitrogen functional groups attached to an aromatic ring is 1. The van der Waals surface area contributed by atoms with Crippen molar-refractivity contribution in [2.75, 3.05) is 18.8 Å². The molecule has 6 nitrogen and oxygen atoms in total. The number of anilines is 1. The van der Waals surface area contributed by atoms with Gasteiger partial charge in [-0.1, -0.05) is 23.2 Å². The minimum absolute atomic E-state index is 0.0627. The minimum Gasteiger partial charge on any atom is -0.482 e. The Balaban J connectivity index is 1.58. The summed E-state index contributed by atoms with van der Waals surface area (Å²) in [6, 6.07) is 4.28. The van der Waals surface area contributed by atoms with Crippen molar-refractivity contribution < 1.29 is 13.5 Å². The molecule has 0 radical (unpaired) electrons. The van der Waals surface area contributed by atoms with Crippen LogP contribution < -0.4 is 15.8 Å². The van der Waals surface area contributed by atoms with Crippen LogP contribution in [-0.4, -0.2) is 34.0 Å². The number of pyridine rings is 1. The Bertz CT molecular complexity index is 1090. The second kappa shape index (κ2) is 8.98. The largest absolute Gasteiger partial charge is 0.482 e. The Hall–Kier alpha value is -2.42. The Morgan fingerprint density at radius 1 is 1.26 bits per heavy atom. The van der Waals surface area contributed by atoms with Gasteiger partial charge in [-0.15, -0.1) is 0 Å². The van der Waals surface area contributed by atoms with E-state index >= 15 is 0 Å². The highest BCUT2D eigenvalue weighted by Gasteiger charge is 2.24. The molecule has 3 atom stereocenters. The number of nitrogens with two attached hydrogens (primary N) is 1. The van der Waals surface area contributed by atoms with Crippen molar-refractivity contribution in [3.63, 3.8) is 0 Å². The van der Waals surface area contributed by atoms with Gasteiger partial charge in [0.05, 0.1) is 17.3 Å². The number of alkyl halides is 1. The molecule has 2 aromatic heterocycles. The number of rotatable bonds is 5. The normalized spacial score (nSPS) is 19.9. The third kappa shape index (κ3) is 4.61. The Morgan fingerprint density at radius 3 is 2.84 bits per heavy atom. The van der Waals surface area contributed by atoms with E-state index in [2.05, 4.69) is 15.4 Å². The summed E-state index contributed by atoms with van der Waals surface area (Å²) in [7, 11) is 0. The van der Waals surface area contributed by atoms with Crippen LogP contribution in [0, 0.1) is 5.82 Å². The molecule has 0 saturated carbocycles. The maximum atomic E-state index is 13.9. The minimum atomic E-state index is -0.896. The van der Waals surface area contributed by atoms with Gasteiger partial charge < -0.3 is 15.8 Å². The van der Waals surface area contributed by atoms with Crippen molar-refractivity contribution in [3.8, 4) is 16.9 Å². The van der Waals surface area contributed by atoms with Gasteiger partial charge in [0.2, 0.25) is 0 Å². The van der Waals surface area contributed by atoms with Gasteiger partial charge in [0.15, 0.2) is 11.6 Å². The summed E-state index contributed by atoms with van der Waals surface area (Å²) in [6.07, 6.45) is 3.97. The Morgan fingerprint density at radius 2 is 2.06 bits per heavy atom. The zero-order valence-corrected chi connectivity index (χ0v) is 18.2. The van der Waals surface area contributed by atoms with E-state index in [1.165, 1.54) is 12.1 Å². The molecule has 1 aliphatic rings. The fourth-order valence-electron chi connectivity index (χ4n) is 3.63. The number of hydrogen-bond acceptors (Lipinski definition) is 5.